The Morgan fingerprint density at radius 2 is 2.16 bits per heavy atom. The first-order valence-corrected chi connectivity index (χ1v) is 7.76. The number of aryl methyl sites for hydroxylation is 2. The second-order valence-corrected chi connectivity index (χ2v) is 6.08. The van der Waals surface area contributed by atoms with Crippen LogP contribution in [-0.4, -0.2) is 11.5 Å². The van der Waals surface area contributed by atoms with Crippen LogP contribution in [0.1, 0.15) is 34.8 Å². The third-order valence-electron chi connectivity index (χ3n) is 3.10. The Morgan fingerprint density at radius 3 is 2.74 bits per heavy atom. The molecule has 19 heavy (non-hydrogen) atoms. The van der Waals surface area contributed by atoms with Gasteiger partial charge in [0.25, 0.3) is 0 Å². The zero-order valence-electron chi connectivity index (χ0n) is 11.5. The lowest BCUT2D eigenvalue weighted by Crippen LogP contribution is -2.23. The van der Waals surface area contributed by atoms with Gasteiger partial charge in [0, 0.05) is 28.6 Å². The third kappa shape index (κ3) is 3.78. The van der Waals surface area contributed by atoms with Crippen LogP contribution < -0.4 is 5.32 Å². The number of hydrogen-bond acceptors (Lipinski definition) is 3. The summed E-state index contributed by atoms with van der Waals surface area (Å²) in [7, 11) is 0. The molecule has 0 saturated carbocycles. The number of likely N-dealkylation sites (N-methyl/N-ethyl adjacent to an activating group) is 1. The molecule has 1 unspecified atom stereocenters. The van der Waals surface area contributed by atoms with E-state index >= 15 is 0 Å². The minimum atomic E-state index is 0.299. The van der Waals surface area contributed by atoms with Crippen LogP contribution in [-0.2, 0) is 6.42 Å². The summed E-state index contributed by atoms with van der Waals surface area (Å²) in [5.74, 6) is 0. The van der Waals surface area contributed by atoms with Crippen molar-refractivity contribution >= 4 is 22.9 Å². The van der Waals surface area contributed by atoms with Crippen LogP contribution in [0.25, 0.3) is 0 Å². The van der Waals surface area contributed by atoms with Crippen molar-refractivity contribution in [3.05, 3.63) is 50.4 Å². The number of nitrogens with zero attached hydrogens (tertiary/aromatic N) is 1. The maximum absolute atomic E-state index is 6.03. The van der Waals surface area contributed by atoms with E-state index in [1.54, 1.807) is 11.3 Å². The first kappa shape index (κ1) is 14.5. The number of nitrogens with one attached hydrogen (secondary N) is 1. The molecular formula is C15H19ClN2S. The molecule has 0 aliphatic heterocycles. The Kier molecular flexibility index (Phi) is 4.97. The molecule has 1 N–H and O–H groups in total. The molecule has 1 aromatic carbocycles. The van der Waals surface area contributed by atoms with Crippen molar-refractivity contribution in [2.45, 2.75) is 33.2 Å². The van der Waals surface area contributed by atoms with Crippen molar-refractivity contribution in [1.29, 1.82) is 0 Å². The Morgan fingerprint density at radius 1 is 1.37 bits per heavy atom. The van der Waals surface area contributed by atoms with Gasteiger partial charge in [0.1, 0.15) is 0 Å². The van der Waals surface area contributed by atoms with Crippen LogP contribution in [0.15, 0.2) is 23.6 Å². The quantitative estimate of drug-likeness (QED) is 0.889. The Balaban J connectivity index is 2.23. The zero-order chi connectivity index (χ0) is 13.8. The molecule has 0 radical (unpaired) electrons. The largest absolute Gasteiger partial charge is 0.310 e. The highest BCUT2D eigenvalue weighted by molar-refractivity contribution is 7.09. The fourth-order valence-corrected chi connectivity index (χ4v) is 3.29. The molecule has 0 spiro atoms. The van der Waals surface area contributed by atoms with Crippen molar-refractivity contribution < 1.29 is 0 Å². The molecule has 0 fully saturated rings. The lowest BCUT2D eigenvalue weighted by molar-refractivity contribution is 0.546. The molecule has 0 saturated heterocycles. The summed E-state index contributed by atoms with van der Waals surface area (Å²) in [5, 5.41) is 7.62. The maximum atomic E-state index is 6.03. The van der Waals surface area contributed by atoms with E-state index in [2.05, 4.69) is 35.6 Å². The molecule has 102 valence electrons. The minimum Gasteiger partial charge on any atom is -0.310 e. The van der Waals surface area contributed by atoms with Crippen molar-refractivity contribution in [2.75, 3.05) is 6.54 Å². The van der Waals surface area contributed by atoms with Crippen LogP contribution in [0, 0.1) is 13.8 Å². The number of halogens is 1. The molecule has 0 bridgehead atoms. The standard InChI is InChI=1S/C15H19ClN2S/c1-4-17-14(8-15-18-11(3)9-19-15)13-6-5-12(16)7-10(13)2/h5-7,9,14,17H,4,8H2,1-3H3. The highest BCUT2D eigenvalue weighted by atomic mass is 35.5. The van der Waals surface area contributed by atoms with E-state index in [4.69, 9.17) is 11.6 Å². The SMILES string of the molecule is CCNC(Cc1nc(C)cs1)c1ccc(Cl)cc1C. The first-order valence-electron chi connectivity index (χ1n) is 6.50. The second kappa shape index (κ2) is 6.51. The normalized spacial score (nSPS) is 12.6. The molecular weight excluding hydrogens is 276 g/mol. The van der Waals surface area contributed by atoms with E-state index in [9.17, 15) is 0 Å². The number of thiazole rings is 1. The van der Waals surface area contributed by atoms with Crippen LogP contribution in [0.4, 0.5) is 0 Å². The predicted molar refractivity (Wildman–Crippen MR) is 83.2 cm³/mol. The van der Waals surface area contributed by atoms with E-state index in [-0.39, 0.29) is 0 Å². The van der Waals surface area contributed by atoms with E-state index in [1.165, 1.54) is 16.1 Å². The van der Waals surface area contributed by atoms with Crippen molar-refractivity contribution in [3.8, 4) is 0 Å². The average Bonchev–Trinajstić information content (AvgIpc) is 2.74. The fraction of sp³-hybridized carbons (Fsp3) is 0.400. The maximum Gasteiger partial charge on any atom is 0.0947 e. The van der Waals surface area contributed by atoms with Gasteiger partial charge in [0.2, 0.25) is 0 Å². The van der Waals surface area contributed by atoms with Crippen LogP contribution in [0.5, 0.6) is 0 Å². The molecule has 2 aromatic rings. The first-order chi connectivity index (χ1) is 9.10. The van der Waals surface area contributed by atoms with Gasteiger partial charge in [-0.1, -0.05) is 24.6 Å². The highest BCUT2D eigenvalue weighted by Gasteiger charge is 2.15. The van der Waals surface area contributed by atoms with Crippen molar-refractivity contribution in [3.63, 3.8) is 0 Å². The van der Waals surface area contributed by atoms with Gasteiger partial charge in [-0.25, -0.2) is 4.98 Å². The minimum absolute atomic E-state index is 0.299. The van der Waals surface area contributed by atoms with Gasteiger partial charge in [-0.15, -0.1) is 11.3 Å². The molecule has 0 amide bonds. The fourth-order valence-electron chi connectivity index (χ4n) is 2.24. The summed E-state index contributed by atoms with van der Waals surface area (Å²) in [6.45, 7) is 7.22. The van der Waals surface area contributed by atoms with Crippen molar-refractivity contribution in [2.24, 2.45) is 0 Å². The topological polar surface area (TPSA) is 24.9 Å². The lowest BCUT2D eigenvalue weighted by atomic mass is 9.99. The van der Waals surface area contributed by atoms with E-state index in [0.717, 1.165) is 23.7 Å². The second-order valence-electron chi connectivity index (χ2n) is 4.70. The van der Waals surface area contributed by atoms with Gasteiger partial charge < -0.3 is 5.32 Å². The number of benzene rings is 1. The van der Waals surface area contributed by atoms with Crippen LogP contribution in [0.3, 0.4) is 0 Å². The van der Waals surface area contributed by atoms with Gasteiger partial charge in [0.15, 0.2) is 0 Å². The van der Waals surface area contributed by atoms with Gasteiger partial charge in [-0.3, -0.25) is 0 Å². The zero-order valence-corrected chi connectivity index (χ0v) is 13.1. The van der Waals surface area contributed by atoms with Gasteiger partial charge in [0.05, 0.1) is 5.01 Å². The monoisotopic (exact) mass is 294 g/mol. The highest BCUT2D eigenvalue weighted by Crippen LogP contribution is 2.25. The molecule has 0 aliphatic carbocycles. The molecule has 1 aromatic heterocycles. The van der Waals surface area contributed by atoms with E-state index in [1.807, 2.05) is 19.1 Å². The van der Waals surface area contributed by atoms with Gasteiger partial charge in [-0.05, 0) is 43.7 Å². The molecule has 4 heteroatoms. The summed E-state index contributed by atoms with van der Waals surface area (Å²) in [6.07, 6.45) is 0.925. The Labute approximate surface area is 123 Å². The third-order valence-corrected chi connectivity index (χ3v) is 4.33. The number of rotatable bonds is 5. The van der Waals surface area contributed by atoms with E-state index < -0.39 is 0 Å². The van der Waals surface area contributed by atoms with Crippen molar-refractivity contribution in [1.82, 2.24) is 10.3 Å². The smallest absolute Gasteiger partial charge is 0.0947 e. The lowest BCUT2D eigenvalue weighted by Gasteiger charge is -2.19. The predicted octanol–water partition coefficient (Wildman–Crippen LogP) is 4.31. The van der Waals surface area contributed by atoms with Crippen LogP contribution >= 0.6 is 22.9 Å². The Bertz CT molecular complexity index is 551. The molecule has 1 heterocycles. The Hall–Kier alpha value is -0.900. The summed E-state index contributed by atoms with van der Waals surface area (Å²) in [5.41, 5.74) is 3.63. The summed E-state index contributed by atoms with van der Waals surface area (Å²) < 4.78 is 0. The molecule has 2 nitrogen and oxygen atoms in total. The van der Waals surface area contributed by atoms with E-state index in [0.29, 0.717) is 6.04 Å². The van der Waals surface area contributed by atoms with Gasteiger partial charge >= 0.3 is 0 Å². The molecule has 1 atom stereocenters. The molecule has 0 aliphatic rings. The summed E-state index contributed by atoms with van der Waals surface area (Å²) in [4.78, 5) is 4.56. The van der Waals surface area contributed by atoms with Gasteiger partial charge in [-0.2, -0.15) is 0 Å². The number of hydrogen-bond donors (Lipinski definition) is 1. The average molecular weight is 295 g/mol. The molecule has 2 rings (SSSR count). The summed E-state index contributed by atoms with van der Waals surface area (Å²) in [6, 6.07) is 6.40. The number of aromatic nitrogens is 1. The van der Waals surface area contributed by atoms with Crippen LogP contribution in [0.2, 0.25) is 5.02 Å². The summed E-state index contributed by atoms with van der Waals surface area (Å²) >= 11 is 7.76.